The van der Waals surface area contributed by atoms with Crippen molar-refractivity contribution in [3.63, 3.8) is 0 Å². The summed E-state index contributed by atoms with van der Waals surface area (Å²) in [6.07, 6.45) is 2.58. The van der Waals surface area contributed by atoms with Crippen LogP contribution < -0.4 is 5.32 Å². The molecule has 1 aliphatic carbocycles. The van der Waals surface area contributed by atoms with E-state index in [1.165, 1.54) is 12.4 Å². The van der Waals surface area contributed by atoms with E-state index < -0.39 is 17.8 Å². The van der Waals surface area contributed by atoms with Crippen molar-refractivity contribution in [1.82, 2.24) is 29.8 Å². The summed E-state index contributed by atoms with van der Waals surface area (Å²) in [6, 6.07) is 4.20. The van der Waals surface area contributed by atoms with Gasteiger partial charge in [-0.3, -0.25) is 9.78 Å². The molecule has 0 atom stereocenters. The van der Waals surface area contributed by atoms with Gasteiger partial charge in [0.25, 0.3) is 5.91 Å². The van der Waals surface area contributed by atoms with Crippen molar-refractivity contribution in [2.24, 2.45) is 7.05 Å². The smallest absolute Gasteiger partial charge is 0.347 e. The quantitative estimate of drug-likeness (QED) is 0.725. The van der Waals surface area contributed by atoms with Crippen LogP contribution in [-0.2, 0) is 13.2 Å². The standard InChI is InChI=1S/C19H17F3N6O/c1-28-10-23-9-15(28)14-3-5-25-17(27-14)18(29)26-13-6-12(7-13)11-2-4-24-16(8-11)19(20,21)22/h2-5,8-10,12-13H,6-7H2,1H3,(H,26,29)/t12-,13+. The second kappa shape index (κ2) is 7.26. The normalized spacial score (nSPS) is 18.9. The predicted octanol–water partition coefficient (Wildman–Crippen LogP) is 2.97. The molecule has 10 heteroatoms. The van der Waals surface area contributed by atoms with Crippen LogP contribution in [0.1, 0.15) is 40.6 Å². The lowest BCUT2D eigenvalue weighted by molar-refractivity contribution is -0.141. The maximum absolute atomic E-state index is 12.8. The highest BCUT2D eigenvalue weighted by Gasteiger charge is 2.36. The van der Waals surface area contributed by atoms with Crippen molar-refractivity contribution in [3.8, 4) is 11.4 Å². The number of hydrogen-bond acceptors (Lipinski definition) is 5. The highest BCUT2D eigenvalue weighted by molar-refractivity contribution is 5.91. The summed E-state index contributed by atoms with van der Waals surface area (Å²) in [6.45, 7) is 0. The first-order valence-corrected chi connectivity index (χ1v) is 8.95. The lowest BCUT2D eigenvalue weighted by Crippen LogP contribution is -2.44. The van der Waals surface area contributed by atoms with Gasteiger partial charge in [0.15, 0.2) is 0 Å². The molecule has 29 heavy (non-hydrogen) atoms. The highest BCUT2D eigenvalue weighted by atomic mass is 19.4. The molecule has 3 heterocycles. The van der Waals surface area contributed by atoms with E-state index in [1.54, 1.807) is 29.2 Å². The minimum absolute atomic E-state index is 0.0374. The minimum Gasteiger partial charge on any atom is -0.347 e. The molecule has 0 aliphatic heterocycles. The lowest BCUT2D eigenvalue weighted by Gasteiger charge is -2.36. The summed E-state index contributed by atoms with van der Waals surface area (Å²) in [5.41, 5.74) is 1.01. The molecule has 0 unspecified atom stereocenters. The molecule has 0 radical (unpaired) electrons. The Labute approximate surface area is 164 Å². The van der Waals surface area contributed by atoms with Crippen molar-refractivity contribution in [3.05, 3.63) is 60.2 Å². The third-order valence-corrected chi connectivity index (χ3v) is 4.96. The average molecular weight is 402 g/mol. The molecule has 150 valence electrons. The molecule has 4 rings (SSSR count). The molecule has 1 fully saturated rings. The molecule has 1 saturated carbocycles. The number of rotatable bonds is 4. The number of nitrogens with one attached hydrogen (secondary N) is 1. The number of carbonyl (C=O) groups is 1. The van der Waals surface area contributed by atoms with Crippen LogP contribution in [-0.4, -0.2) is 36.5 Å². The largest absolute Gasteiger partial charge is 0.433 e. The van der Waals surface area contributed by atoms with E-state index in [9.17, 15) is 18.0 Å². The number of nitrogens with zero attached hydrogens (tertiary/aromatic N) is 5. The van der Waals surface area contributed by atoms with Gasteiger partial charge in [0.05, 0.1) is 23.9 Å². The van der Waals surface area contributed by atoms with Crippen molar-refractivity contribution >= 4 is 5.91 Å². The number of hydrogen-bond donors (Lipinski definition) is 1. The maximum Gasteiger partial charge on any atom is 0.433 e. The Hall–Kier alpha value is -3.30. The van der Waals surface area contributed by atoms with Gasteiger partial charge < -0.3 is 9.88 Å². The topological polar surface area (TPSA) is 85.6 Å². The van der Waals surface area contributed by atoms with Gasteiger partial charge in [0.1, 0.15) is 5.69 Å². The van der Waals surface area contributed by atoms with Crippen molar-refractivity contribution in [1.29, 1.82) is 0 Å². The molecule has 0 bridgehead atoms. The third kappa shape index (κ3) is 3.96. The second-order valence-electron chi connectivity index (χ2n) is 6.97. The Kier molecular flexibility index (Phi) is 4.77. The van der Waals surface area contributed by atoms with E-state index in [4.69, 9.17) is 0 Å². The molecule has 0 spiro atoms. The fourth-order valence-corrected chi connectivity index (χ4v) is 3.33. The Bertz CT molecular complexity index is 1040. The molecule has 7 nitrogen and oxygen atoms in total. The van der Waals surface area contributed by atoms with E-state index in [0.29, 0.717) is 24.1 Å². The molecule has 0 aromatic carbocycles. The summed E-state index contributed by atoms with van der Waals surface area (Å²) >= 11 is 0. The Balaban J connectivity index is 1.39. The van der Waals surface area contributed by atoms with E-state index in [1.807, 2.05) is 7.05 Å². The van der Waals surface area contributed by atoms with Crippen LogP contribution in [0.2, 0.25) is 0 Å². The number of imidazole rings is 1. The van der Waals surface area contributed by atoms with Crippen LogP contribution in [0.5, 0.6) is 0 Å². The third-order valence-electron chi connectivity index (χ3n) is 4.96. The van der Waals surface area contributed by atoms with Gasteiger partial charge in [-0.15, -0.1) is 0 Å². The van der Waals surface area contributed by atoms with Gasteiger partial charge in [0.2, 0.25) is 5.82 Å². The van der Waals surface area contributed by atoms with Crippen LogP contribution in [0.15, 0.2) is 43.1 Å². The van der Waals surface area contributed by atoms with Crippen molar-refractivity contribution in [2.45, 2.75) is 31.0 Å². The molecule has 0 saturated heterocycles. The minimum atomic E-state index is -4.47. The van der Waals surface area contributed by atoms with E-state index in [-0.39, 0.29) is 17.8 Å². The maximum atomic E-state index is 12.8. The molecule has 1 amide bonds. The van der Waals surface area contributed by atoms with Gasteiger partial charge in [-0.1, -0.05) is 0 Å². The summed E-state index contributed by atoms with van der Waals surface area (Å²) in [7, 11) is 1.82. The average Bonchev–Trinajstić information content (AvgIpc) is 3.09. The van der Waals surface area contributed by atoms with Gasteiger partial charge in [-0.2, -0.15) is 13.2 Å². The zero-order valence-corrected chi connectivity index (χ0v) is 15.4. The summed E-state index contributed by atoms with van der Waals surface area (Å²) in [5.74, 6) is -0.426. The first-order valence-electron chi connectivity index (χ1n) is 8.95. The highest BCUT2D eigenvalue weighted by Crippen LogP contribution is 2.38. The fourth-order valence-electron chi connectivity index (χ4n) is 3.33. The molecule has 1 aliphatic rings. The summed E-state index contributed by atoms with van der Waals surface area (Å²) in [4.78, 5) is 28.2. The van der Waals surface area contributed by atoms with E-state index in [2.05, 4.69) is 25.3 Å². The first-order chi connectivity index (χ1) is 13.8. The molecule has 3 aromatic heterocycles. The van der Waals surface area contributed by atoms with Crippen molar-refractivity contribution < 1.29 is 18.0 Å². The molecular weight excluding hydrogens is 385 g/mol. The number of amides is 1. The fraction of sp³-hybridized carbons (Fsp3) is 0.316. The zero-order chi connectivity index (χ0) is 20.6. The zero-order valence-electron chi connectivity index (χ0n) is 15.4. The van der Waals surface area contributed by atoms with Crippen LogP contribution in [0.3, 0.4) is 0 Å². The lowest BCUT2D eigenvalue weighted by atomic mass is 9.76. The van der Waals surface area contributed by atoms with Gasteiger partial charge >= 0.3 is 6.18 Å². The number of alkyl halides is 3. The van der Waals surface area contributed by atoms with Crippen LogP contribution >= 0.6 is 0 Å². The summed E-state index contributed by atoms with van der Waals surface area (Å²) in [5, 5.41) is 2.84. The Morgan fingerprint density at radius 2 is 1.97 bits per heavy atom. The SMILES string of the molecule is Cn1cncc1-c1ccnc(C(=O)N[C@H]2C[C@@H](c3ccnc(C(F)(F)F)c3)C2)n1. The summed E-state index contributed by atoms with van der Waals surface area (Å²) < 4.78 is 40.2. The number of aryl methyl sites for hydroxylation is 1. The number of halogens is 3. The number of carbonyl (C=O) groups excluding carboxylic acids is 1. The van der Waals surface area contributed by atoms with Gasteiger partial charge in [-0.25, -0.2) is 15.0 Å². The second-order valence-corrected chi connectivity index (χ2v) is 6.97. The van der Waals surface area contributed by atoms with Gasteiger partial charge in [0, 0.05) is 25.5 Å². The van der Waals surface area contributed by atoms with Gasteiger partial charge in [-0.05, 0) is 42.5 Å². The first kappa shape index (κ1) is 19.0. The van der Waals surface area contributed by atoms with Crippen LogP contribution in [0, 0.1) is 0 Å². The van der Waals surface area contributed by atoms with Crippen LogP contribution in [0.25, 0.3) is 11.4 Å². The predicted molar refractivity (Wildman–Crippen MR) is 96.7 cm³/mol. The molecular formula is C19H17F3N6O. The molecule has 3 aromatic rings. The van der Waals surface area contributed by atoms with Crippen molar-refractivity contribution in [2.75, 3.05) is 0 Å². The monoisotopic (exact) mass is 402 g/mol. The number of aromatic nitrogens is 5. The van der Waals surface area contributed by atoms with E-state index >= 15 is 0 Å². The van der Waals surface area contributed by atoms with Crippen LogP contribution in [0.4, 0.5) is 13.2 Å². The Morgan fingerprint density at radius 1 is 1.21 bits per heavy atom. The Morgan fingerprint density at radius 3 is 2.66 bits per heavy atom. The molecule has 1 N–H and O–H groups in total. The number of pyridine rings is 1. The van der Waals surface area contributed by atoms with E-state index in [0.717, 1.165) is 11.8 Å².